The highest BCUT2D eigenvalue weighted by Gasteiger charge is 2.34. The number of pyridine rings is 1. The van der Waals surface area contributed by atoms with Crippen LogP contribution >= 0.6 is 12.2 Å². The van der Waals surface area contributed by atoms with Crippen molar-refractivity contribution >= 4 is 49.9 Å². The van der Waals surface area contributed by atoms with Gasteiger partial charge in [0.1, 0.15) is 4.90 Å². The van der Waals surface area contributed by atoms with E-state index >= 15 is 0 Å². The number of rotatable bonds is 7. The van der Waals surface area contributed by atoms with Crippen LogP contribution in [0.5, 0.6) is 0 Å². The van der Waals surface area contributed by atoms with Gasteiger partial charge in [-0.2, -0.15) is 0 Å². The first kappa shape index (κ1) is 24.6. The number of carbonyl (C=O) groups excluding carboxylic acids is 1. The zero-order valence-corrected chi connectivity index (χ0v) is 21.2. The third kappa shape index (κ3) is 4.85. The van der Waals surface area contributed by atoms with E-state index in [1.807, 2.05) is 30.9 Å². The number of anilines is 1. The number of ether oxygens (including phenoxy) is 1. The standard InChI is InChI=1S/C25H26N4O4S2/c1-4-29-16(3)21(24(30)33-5-2)23(27-25(29)34)18-11-13-19(14-12-18)28-35(31,32)20-10-6-8-17-9-7-15-26-22(17)20/h6-15,23,28H,4-5H2,1-3H3,(H,27,34). The Bertz CT molecular complexity index is 1410. The Balaban J connectivity index is 1.64. The van der Waals surface area contributed by atoms with Crippen molar-refractivity contribution in [2.75, 3.05) is 17.9 Å². The van der Waals surface area contributed by atoms with Crippen LogP contribution < -0.4 is 10.0 Å². The lowest BCUT2D eigenvalue weighted by atomic mass is 9.95. The van der Waals surface area contributed by atoms with E-state index in [1.54, 1.807) is 49.5 Å². The van der Waals surface area contributed by atoms with Gasteiger partial charge in [-0.1, -0.05) is 30.3 Å². The minimum atomic E-state index is -3.88. The molecule has 0 spiro atoms. The van der Waals surface area contributed by atoms with Gasteiger partial charge in [-0.05, 0) is 62.8 Å². The number of thiocarbonyl (C=S) groups is 1. The Morgan fingerprint density at radius 3 is 2.54 bits per heavy atom. The molecule has 0 saturated heterocycles. The molecule has 0 aliphatic carbocycles. The third-order valence-electron chi connectivity index (χ3n) is 5.79. The number of nitrogens with zero attached hydrogens (tertiary/aromatic N) is 2. The molecule has 0 saturated carbocycles. The fourth-order valence-electron chi connectivity index (χ4n) is 4.13. The molecule has 35 heavy (non-hydrogen) atoms. The number of carbonyl (C=O) groups is 1. The van der Waals surface area contributed by atoms with E-state index in [4.69, 9.17) is 17.0 Å². The van der Waals surface area contributed by atoms with Crippen molar-refractivity contribution in [2.45, 2.75) is 31.7 Å². The molecule has 1 aliphatic heterocycles. The highest BCUT2D eigenvalue weighted by Crippen LogP contribution is 2.32. The summed E-state index contributed by atoms with van der Waals surface area (Å²) < 4.78 is 34.2. The van der Waals surface area contributed by atoms with Gasteiger partial charge in [0.25, 0.3) is 10.0 Å². The van der Waals surface area contributed by atoms with E-state index < -0.39 is 22.0 Å². The molecule has 0 bridgehead atoms. The van der Waals surface area contributed by atoms with Crippen molar-refractivity contribution < 1.29 is 17.9 Å². The number of benzene rings is 2. The van der Waals surface area contributed by atoms with Crippen molar-refractivity contribution in [1.82, 2.24) is 15.2 Å². The summed E-state index contributed by atoms with van der Waals surface area (Å²) in [6, 6.07) is 14.9. The molecule has 8 nitrogen and oxygen atoms in total. The minimum Gasteiger partial charge on any atom is -0.463 e. The molecule has 0 radical (unpaired) electrons. The van der Waals surface area contributed by atoms with Crippen LogP contribution in [0.1, 0.15) is 32.4 Å². The van der Waals surface area contributed by atoms with Gasteiger partial charge in [0.15, 0.2) is 5.11 Å². The molecule has 2 heterocycles. The number of esters is 1. The Morgan fingerprint density at radius 2 is 1.86 bits per heavy atom. The molecule has 182 valence electrons. The molecule has 2 aromatic carbocycles. The maximum atomic E-state index is 13.1. The van der Waals surface area contributed by atoms with Crippen LogP contribution in [0.2, 0.25) is 0 Å². The van der Waals surface area contributed by atoms with E-state index in [0.717, 1.165) is 16.6 Å². The average molecular weight is 511 g/mol. The van der Waals surface area contributed by atoms with Crippen LogP contribution in [0.15, 0.2) is 77.0 Å². The highest BCUT2D eigenvalue weighted by atomic mass is 32.2. The largest absolute Gasteiger partial charge is 0.463 e. The van der Waals surface area contributed by atoms with Crippen LogP contribution in [0.4, 0.5) is 5.69 Å². The zero-order chi connectivity index (χ0) is 25.2. The van der Waals surface area contributed by atoms with E-state index in [-0.39, 0.29) is 11.5 Å². The number of para-hydroxylation sites is 1. The summed E-state index contributed by atoms with van der Waals surface area (Å²) in [6.45, 7) is 6.41. The van der Waals surface area contributed by atoms with Gasteiger partial charge in [0, 0.05) is 29.5 Å². The fourth-order valence-corrected chi connectivity index (χ4v) is 5.76. The first-order chi connectivity index (χ1) is 16.8. The zero-order valence-electron chi connectivity index (χ0n) is 19.6. The van der Waals surface area contributed by atoms with Gasteiger partial charge < -0.3 is 15.0 Å². The summed E-state index contributed by atoms with van der Waals surface area (Å²) in [7, 11) is -3.88. The molecule has 2 N–H and O–H groups in total. The van der Waals surface area contributed by atoms with Gasteiger partial charge in [0.2, 0.25) is 0 Å². The summed E-state index contributed by atoms with van der Waals surface area (Å²) >= 11 is 5.51. The summed E-state index contributed by atoms with van der Waals surface area (Å²) in [5, 5.41) is 4.47. The quantitative estimate of drug-likeness (QED) is 0.362. The lowest BCUT2D eigenvalue weighted by Gasteiger charge is -2.37. The van der Waals surface area contributed by atoms with Crippen molar-refractivity contribution in [3.05, 3.63) is 77.6 Å². The monoisotopic (exact) mass is 510 g/mol. The SMILES string of the molecule is CCOC(=O)C1=C(C)N(CC)C(=S)NC1c1ccc(NS(=O)(=O)c2cccc3cccnc23)cc1. The molecular formula is C25H26N4O4S2. The summed E-state index contributed by atoms with van der Waals surface area (Å²) in [5.41, 5.74) is 2.73. The van der Waals surface area contributed by atoms with Crippen LogP contribution in [0, 0.1) is 0 Å². The second kappa shape index (κ2) is 10.0. The molecule has 1 atom stereocenters. The average Bonchev–Trinajstić information content (AvgIpc) is 2.84. The van der Waals surface area contributed by atoms with Crippen LogP contribution in [0.25, 0.3) is 10.9 Å². The number of sulfonamides is 1. The maximum absolute atomic E-state index is 13.1. The molecular weight excluding hydrogens is 484 g/mol. The van der Waals surface area contributed by atoms with Gasteiger partial charge in [-0.15, -0.1) is 0 Å². The first-order valence-electron chi connectivity index (χ1n) is 11.2. The molecule has 10 heteroatoms. The van der Waals surface area contributed by atoms with Gasteiger partial charge in [-0.3, -0.25) is 9.71 Å². The van der Waals surface area contributed by atoms with Crippen molar-refractivity contribution in [3.8, 4) is 0 Å². The molecule has 0 fully saturated rings. The Hall–Kier alpha value is -3.50. The van der Waals surface area contributed by atoms with Gasteiger partial charge in [0.05, 0.1) is 23.7 Å². The molecule has 4 rings (SSSR count). The van der Waals surface area contributed by atoms with E-state index in [9.17, 15) is 13.2 Å². The van der Waals surface area contributed by atoms with Gasteiger partial charge in [-0.25, -0.2) is 13.2 Å². The Morgan fingerprint density at radius 1 is 1.14 bits per heavy atom. The molecule has 0 amide bonds. The minimum absolute atomic E-state index is 0.0989. The van der Waals surface area contributed by atoms with E-state index in [0.29, 0.717) is 28.4 Å². The van der Waals surface area contributed by atoms with Crippen LogP contribution in [0.3, 0.4) is 0 Å². The third-order valence-corrected chi connectivity index (χ3v) is 7.54. The number of hydrogen-bond acceptors (Lipinski definition) is 6. The molecule has 3 aromatic rings. The second-order valence-corrected chi connectivity index (χ2v) is 9.94. The van der Waals surface area contributed by atoms with Crippen LogP contribution in [-0.2, 0) is 19.6 Å². The number of fused-ring (bicyclic) bond motifs is 1. The van der Waals surface area contributed by atoms with E-state index in [2.05, 4.69) is 15.0 Å². The number of hydrogen-bond donors (Lipinski definition) is 2. The topological polar surface area (TPSA) is 101 Å². The molecule has 1 unspecified atom stereocenters. The van der Waals surface area contributed by atoms with Crippen molar-refractivity contribution in [1.29, 1.82) is 0 Å². The lowest BCUT2D eigenvalue weighted by Crippen LogP contribution is -2.47. The Kier molecular flexibility index (Phi) is 7.04. The summed E-state index contributed by atoms with van der Waals surface area (Å²) in [5.74, 6) is -0.420. The first-order valence-corrected chi connectivity index (χ1v) is 13.1. The second-order valence-electron chi connectivity index (χ2n) is 7.91. The predicted octanol–water partition coefficient (Wildman–Crippen LogP) is 4.12. The number of aromatic nitrogens is 1. The maximum Gasteiger partial charge on any atom is 0.338 e. The predicted molar refractivity (Wildman–Crippen MR) is 139 cm³/mol. The highest BCUT2D eigenvalue weighted by molar-refractivity contribution is 7.93. The van der Waals surface area contributed by atoms with Gasteiger partial charge >= 0.3 is 5.97 Å². The normalized spacial score (nSPS) is 16.3. The lowest BCUT2D eigenvalue weighted by molar-refractivity contribution is -0.139. The number of nitrogens with one attached hydrogen (secondary N) is 2. The number of allylic oxidation sites excluding steroid dienone is 1. The molecule has 1 aliphatic rings. The van der Waals surface area contributed by atoms with E-state index in [1.165, 1.54) is 6.07 Å². The van der Waals surface area contributed by atoms with Crippen molar-refractivity contribution in [2.24, 2.45) is 0 Å². The smallest absolute Gasteiger partial charge is 0.338 e. The summed E-state index contributed by atoms with van der Waals surface area (Å²) in [4.78, 5) is 19.0. The fraction of sp³-hybridized carbons (Fsp3) is 0.240. The molecule has 1 aromatic heterocycles. The van der Waals surface area contributed by atoms with Crippen molar-refractivity contribution in [3.63, 3.8) is 0 Å². The Labute approximate surface area is 210 Å². The summed E-state index contributed by atoms with van der Waals surface area (Å²) in [6.07, 6.45) is 1.56. The van der Waals surface area contributed by atoms with Crippen LogP contribution in [-0.4, -0.2) is 42.5 Å².